The minimum atomic E-state index is -1.45. The van der Waals surface area contributed by atoms with Crippen LogP contribution in [-0.4, -0.2) is 151 Å². The number of unbranched alkanes of at least 4 members (excludes halogenated alkanes) is 1. The average molecular weight is 1100 g/mol. The number of cyclic esters (lactones) is 2. The predicted octanol–water partition coefficient (Wildman–Crippen LogP) is 4.42. The third-order valence-corrected chi connectivity index (χ3v) is 13.4. The molecule has 2 aromatic heterocycles. The van der Waals surface area contributed by atoms with Crippen LogP contribution in [0.4, 0.5) is 4.39 Å². The fourth-order valence-electron chi connectivity index (χ4n) is 8.90. The number of halogens is 1. The summed E-state index contributed by atoms with van der Waals surface area (Å²) in [7, 11) is 2.56. The van der Waals surface area contributed by atoms with Crippen molar-refractivity contribution in [3.05, 3.63) is 71.6 Å². The molecular formula is C55H74FN4O18+. The van der Waals surface area contributed by atoms with Gasteiger partial charge in [0, 0.05) is 50.0 Å². The molecular weight excluding hydrogens is 1020 g/mol. The Morgan fingerprint density at radius 3 is 2.04 bits per heavy atom. The van der Waals surface area contributed by atoms with Gasteiger partial charge in [0.05, 0.1) is 52.9 Å². The first-order chi connectivity index (χ1) is 37.7. The molecule has 23 heteroatoms. The van der Waals surface area contributed by atoms with Gasteiger partial charge in [-0.15, -0.1) is 0 Å². The molecule has 2 saturated heterocycles. The zero-order chi connectivity index (χ0) is 56.1. The van der Waals surface area contributed by atoms with Gasteiger partial charge in [0.25, 0.3) is 5.91 Å². The lowest BCUT2D eigenvalue weighted by molar-refractivity contribution is -0.687. The highest BCUT2D eigenvalue weighted by Gasteiger charge is 2.40. The van der Waals surface area contributed by atoms with Crippen LogP contribution in [0.15, 0.2) is 48.8 Å². The summed E-state index contributed by atoms with van der Waals surface area (Å²) >= 11 is 0. The quantitative estimate of drug-likeness (QED) is 0.0488. The molecule has 428 valence electrons. The van der Waals surface area contributed by atoms with Crippen LogP contribution in [0.5, 0.6) is 23.0 Å². The standard InChI is InChI=1S/C55H73FN4O18/c1-8-11-12-38-33(4)76-54(65)40(27-70-29-44(38)73-26-36-13-14-36)58-52(63)48-50(42(67-6)19-21-57-48)78-46(61)25-60-22-20-43(68-7)51(75-32-74-47(62)31-69-10-3)49(60)53(64)59-41-28-71-30-45(72-23-9-2)39(34(5)77-55(41)66)24-35-15-17-37(56)18-16-35/h15-22,33-34,36,38-41,44-45H,8-14,23-32H2,1-7H3,(H-,58,59,63,64)/p+1. The zero-order valence-electron chi connectivity index (χ0n) is 45.5. The zero-order valence-corrected chi connectivity index (χ0v) is 45.5. The molecule has 2 N–H and O–H groups in total. The SMILES string of the molecule is CCCCC1C(C)OC(=O)C(NC(=O)c2nccc(OC)c2OC(=O)C[n+]2ccc(OC)c(OCOC(=O)COCC)c2C(=O)NC2COCC(OCCC)C(Cc3ccc(F)cc3)C(C)OC2=O)COCC1OCC1CC1. The number of carbonyl (C=O) groups is 6. The number of hydrogen-bond donors (Lipinski definition) is 2. The van der Waals surface area contributed by atoms with Crippen LogP contribution in [0.3, 0.4) is 0 Å². The Balaban J connectivity index is 1.25. The van der Waals surface area contributed by atoms with Crippen LogP contribution >= 0.6 is 0 Å². The minimum absolute atomic E-state index is 0.00304. The molecule has 1 aliphatic carbocycles. The molecule has 0 spiro atoms. The van der Waals surface area contributed by atoms with Crippen molar-refractivity contribution in [1.82, 2.24) is 15.6 Å². The fourth-order valence-corrected chi connectivity index (χ4v) is 8.90. The molecule has 2 aliphatic heterocycles. The first kappa shape index (κ1) is 60.7. The molecule has 3 aliphatic rings. The Hall–Kier alpha value is -6.53. The van der Waals surface area contributed by atoms with Crippen molar-refractivity contribution in [2.75, 3.05) is 73.9 Å². The van der Waals surface area contributed by atoms with Crippen LogP contribution in [0.1, 0.15) is 99.7 Å². The number of ether oxygens (including phenoxy) is 12. The van der Waals surface area contributed by atoms with E-state index in [0.717, 1.165) is 42.2 Å². The van der Waals surface area contributed by atoms with Crippen LogP contribution < -0.4 is 34.1 Å². The Bertz CT molecular complexity index is 2480. The van der Waals surface area contributed by atoms with Crippen LogP contribution in [0.25, 0.3) is 0 Å². The molecule has 1 aromatic carbocycles. The number of rotatable bonds is 26. The Labute approximate surface area is 453 Å². The maximum Gasteiger partial charge on any atom is 0.378 e. The van der Waals surface area contributed by atoms with Gasteiger partial charge in [0.1, 0.15) is 24.6 Å². The maximum atomic E-state index is 14.7. The van der Waals surface area contributed by atoms with Crippen molar-refractivity contribution in [3.63, 3.8) is 0 Å². The number of pyridine rings is 2. The average Bonchev–Trinajstić information content (AvgIpc) is 4.25. The summed E-state index contributed by atoms with van der Waals surface area (Å²) < 4.78 is 84.5. The van der Waals surface area contributed by atoms with Crippen LogP contribution in [-0.2, 0) is 70.0 Å². The third kappa shape index (κ3) is 17.5. The predicted molar refractivity (Wildman–Crippen MR) is 272 cm³/mol. The largest absolute Gasteiger partial charge is 0.493 e. The smallest absolute Gasteiger partial charge is 0.378 e. The van der Waals surface area contributed by atoms with Crippen molar-refractivity contribution >= 4 is 35.7 Å². The molecule has 1 saturated carbocycles. The van der Waals surface area contributed by atoms with Crippen LogP contribution in [0, 0.1) is 23.6 Å². The highest BCUT2D eigenvalue weighted by molar-refractivity contribution is 5.99. The molecule has 3 aromatic rings. The van der Waals surface area contributed by atoms with Gasteiger partial charge >= 0.3 is 35.5 Å². The van der Waals surface area contributed by atoms with Crippen molar-refractivity contribution in [3.8, 4) is 23.0 Å². The summed E-state index contributed by atoms with van der Waals surface area (Å²) in [5.74, 6) is -6.84. The van der Waals surface area contributed by atoms with Gasteiger partial charge in [-0.25, -0.2) is 28.6 Å². The van der Waals surface area contributed by atoms with E-state index in [1.165, 1.54) is 50.9 Å². The molecule has 4 heterocycles. The molecule has 22 nitrogen and oxygen atoms in total. The second kappa shape index (κ2) is 30.6. The molecule has 8 unspecified atom stereocenters. The van der Waals surface area contributed by atoms with Crippen molar-refractivity contribution in [1.29, 1.82) is 0 Å². The Morgan fingerprint density at radius 2 is 1.41 bits per heavy atom. The number of benzene rings is 1. The summed E-state index contributed by atoms with van der Waals surface area (Å²) in [6.45, 7) is 7.99. The van der Waals surface area contributed by atoms with Gasteiger partial charge in [-0.1, -0.05) is 38.8 Å². The monoisotopic (exact) mass is 1100 g/mol. The summed E-state index contributed by atoms with van der Waals surface area (Å²) in [5, 5.41) is 5.27. The van der Waals surface area contributed by atoms with E-state index in [0.29, 0.717) is 32.0 Å². The minimum Gasteiger partial charge on any atom is -0.493 e. The normalized spacial score (nSPS) is 22.8. The first-order valence-electron chi connectivity index (χ1n) is 26.5. The van der Waals surface area contributed by atoms with Gasteiger partial charge in [-0.3, -0.25) is 9.59 Å². The summed E-state index contributed by atoms with van der Waals surface area (Å²) in [5.41, 5.74) is -0.0963. The van der Waals surface area contributed by atoms with E-state index in [9.17, 15) is 33.2 Å². The first-order valence-corrected chi connectivity index (χ1v) is 26.5. The number of methoxy groups -OCH3 is 2. The van der Waals surface area contributed by atoms with Gasteiger partial charge in [-0.2, -0.15) is 4.57 Å². The number of esters is 4. The van der Waals surface area contributed by atoms with Crippen molar-refractivity contribution < 1.29 is 94.6 Å². The highest BCUT2D eigenvalue weighted by Crippen LogP contribution is 2.34. The molecule has 0 bridgehead atoms. The maximum absolute atomic E-state index is 14.7. The lowest BCUT2D eigenvalue weighted by Gasteiger charge is -2.30. The molecule has 8 atom stereocenters. The fraction of sp³-hybridized carbons (Fsp3) is 0.600. The Morgan fingerprint density at radius 1 is 0.769 bits per heavy atom. The van der Waals surface area contributed by atoms with E-state index in [1.807, 2.05) is 6.92 Å². The number of amides is 2. The second-order valence-corrected chi connectivity index (χ2v) is 19.2. The molecule has 3 fully saturated rings. The molecule has 2 amide bonds. The number of aromatic nitrogens is 2. The topological polar surface area (TPSA) is 254 Å². The summed E-state index contributed by atoms with van der Waals surface area (Å²) in [6.07, 6.45) is 6.07. The molecule has 78 heavy (non-hydrogen) atoms. The number of nitrogens with zero attached hydrogens (tertiary/aromatic N) is 2. The molecule has 0 radical (unpaired) electrons. The molecule has 6 rings (SSSR count). The van der Waals surface area contributed by atoms with Gasteiger partial charge in [0.15, 0.2) is 35.5 Å². The lowest BCUT2D eigenvalue weighted by Crippen LogP contribution is -2.52. The van der Waals surface area contributed by atoms with E-state index in [1.54, 1.807) is 32.9 Å². The van der Waals surface area contributed by atoms with Crippen molar-refractivity contribution in [2.45, 2.75) is 123 Å². The van der Waals surface area contributed by atoms with Gasteiger partial charge < -0.3 is 67.5 Å². The number of hydrogen-bond acceptors (Lipinski definition) is 19. The van der Waals surface area contributed by atoms with Gasteiger partial charge in [0.2, 0.25) is 24.8 Å². The number of nitrogens with one attached hydrogen (secondary N) is 2. The van der Waals surface area contributed by atoms with E-state index in [2.05, 4.69) is 22.5 Å². The van der Waals surface area contributed by atoms with Gasteiger partial charge in [-0.05, 0) is 76.5 Å². The summed E-state index contributed by atoms with van der Waals surface area (Å²) in [6, 6.07) is 5.90. The van der Waals surface area contributed by atoms with Crippen molar-refractivity contribution in [2.24, 2.45) is 17.8 Å². The van der Waals surface area contributed by atoms with E-state index < -0.39 is 115 Å². The highest BCUT2D eigenvalue weighted by atomic mass is 19.1. The third-order valence-electron chi connectivity index (χ3n) is 13.4. The second-order valence-electron chi connectivity index (χ2n) is 19.2. The lowest BCUT2D eigenvalue weighted by atomic mass is 9.89. The van der Waals surface area contributed by atoms with E-state index in [-0.39, 0.29) is 62.3 Å². The van der Waals surface area contributed by atoms with Crippen LogP contribution in [0.2, 0.25) is 0 Å². The Kier molecular flexibility index (Phi) is 23.8. The number of carbonyl (C=O) groups excluding carboxylic acids is 6. The van der Waals surface area contributed by atoms with E-state index >= 15 is 0 Å². The summed E-state index contributed by atoms with van der Waals surface area (Å²) in [4.78, 5) is 87.4. The van der Waals surface area contributed by atoms with E-state index in [4.69, 9.17) is 56.8 Å².